The first-order chi connectivity index (χ1) is 16.9. The number of nitrogens with one attached hydrogen (secondary N) is 2. The predicted octanol–water partition coefficient (Wildman–Crippen LogP) is 4.36. The Balaban J connectivity index is 1.60. The van der Waals surface area contributed by atoms with Crippen LogP contribution in [0.3, 0.4) is 0 Å². The minimum absolute atomic E-state index is 0.103. The first-order valence-electron chi connectivity index (χ1n) is 12.7. The summed E-state index contributed by atoms with van der Waals surface area (Å²) in [6, 6.07) is 5.49. The number of nitrogens with zero attached hydrogens (tertiary/aromatic N) is 2. The highest BCUT2D eigenvalue weighted by molar-refractivity contribution is 5.76. The Kier molecular flexibility index (Phi) is 9.51. The van der Waals surface area contributed by atoms with Crippen LogP contribution in [0.1, 0.15) is 96.0 Å². The van der Waals surface area contributed by atoms with Crippen molar-refractivity contribution in [3.8, 4) is 11.5 Å². The van der Waals surface area contributed by atoms with E-state index in [2.05, 4.69) is 20.8 Å². The van der Waals surface area contributed by atoms with E-state index in [0.29, 0.717) is 42.8 Å². The molecule has 1 aliphatic rings. The van der Waals surface area contributed by atoms with Gasteiger partial charge in [0.25, 0.3) is 0 Å². The molecule has 0 aliphatic heterocycles. The lowest BCUT2D eigenvalue weighted by Crippen LogP contribution is -2.45. The second-order valence-electron chi connectivity index (χ2n) is 9.05. The Labute approximate surface area is 207 Å². The van der Waals surface area contributed by atoms with E-state index in [9.17, 15) is 9.59 Å². The summed E-state index contributed by atoms with van der Waals surface area (Å²) in [5.74, 6) is 2.05. The first-order valence-corrected chi connectivity index (χ1v) is 12.7. The number of rotatable bonds is 11. The number of ether oxygens (including phenoxy) is 2. The molecule has 9 nitrogen and oxygen atoms in total. The van der Waals surface area contributed by atoms with Gasteiger partial charge in [-0.05, 0) is 51.3 Å². The van der Waals surface area contributed by atoms with Gasteiger partial charge in [-0.25, -0.2) is 0 Å². The molecule has 1 fully saturated rings. The zero-order valence-electron chi connectivity index (χ0n) is 21.3. The minimum atomic E-state index is -0.590. The summed E-state index contributed by atoms with van der Waals surface area (Å²) in [7, 11) is 0. The average molecular weight is 487 g/mol. The highest BCUT2D eigenvalue weighted by atomic mass is 16.5. The maximum atomic E-state index is 12.6. The van der Waals surface area contributed by atoms with Gasteiger partial charge in [0.2, 0.25) is 17.7 Å². The van der Waals surface area contributed by atoms with Crippen LogP contribution in [0.4, 0.5) is 0 Å². The van der Waals surface area contributed by atoms with Crippen molar-refractivity contribution in [1.82, 2.24) is 20.8 Å². The number of benzene rings is 1. The summed E-state index contributed by atoms with van der Waals surface area (Å²) in [6.45, 7) is 8.37. The lowest BCUT2D eigenvalue weighted by Gasteiger charge is -2.30. The average Bonchev–Trinajstić information content (AvgIpc) is 3.19. The van der Waals surface area contributed by atoms with E-state index in [0.717, 1.165) is 44.1 Å². The van der Waals surface area contributed by atoms with E-state index < -0.39 is 5.54 Å². The SMILES string of the molecule is CCOc1ccc(C(C)NC(=O)CCc2nc(C3(NC(C)=O)CCCCCC3)no2)cc1OCC. The predicted molar refractivity (Wildman–Crippen MR) is 131 cm³/mol. The molecular weight excluding hydrogens is 448 g/mol. The summed E-state index contributed by atoms with van der Waals surface area (Å²) in [5, 5.41) is 10.3. The molecule has 2 N–H and O–H groups in total. The molecule has 3 rings (SSSR count). The Morgan fingerprint density at radius 1 is 1.09 bits per heavy atom. The van der Waals surface area contributed by atoms with Crippen molar-refractivity contribution in [1.29, 1.82) is 0 Å². The summed E-state index contributed by atoms with van der Waals surface area (Å²) < 4.78 is 16.8. The monoisotopic (exact) mass is 486 g/mol. The Morgan fingerprint density at radius 3 is 2.43 bits per heavy atom. The van der Waals surface area contributed by atoms with Gasteiger partial charge in [0.15, 0.2) is 17.3 Å². The first kappa shape index (κ1) is 26.5. The zero-order chi connectivity index (χ0) is 25.3. The van der Waals surface area contributed by atoms with Gasteiger partial charge in [-0.3, -0.25) is 9.59 Å². The van der Waals surface area contributed by atoms with Gasteiger partial charge in [0.1, 0.15) is 5.54 Å². The lowest BCUT2D eigenvalue weighted by molar-refractivity contribution is -0.122. The maximum absolute atomic E-state index is 12.6. The maximum Gasteiger partial charge on any atom is 0.227 e. The topological polar surface area (TPSA) is 116 Å². The van der Waals surface area contributed by atoms with Crippen molar-refractivity contribution in [2.45, 2.75) is 90.6 Å². The smallest absolute Gasteiger partial charge is 0.227 e. The van der Waals surface area contributed by atoms with Crippen LogP contribution in [0.15, 0.2) is 22.7 Å². The van der Waals surface area contributed by atoms with Gasteiger partial charge in [0.05, 0.1) is 19.3 Å². The van der Waals surface area contributed by atoms with Gasteiger partial charge >= 0.3 is 0 Å². The van der Waals surface area contributed by atoms with Crippen molar-refractivity contribution in [3.63, 3.8) is 0 Å². The van der Waals surface area contributed by atoms with Crippen molar-refractivity contribution in [2.75, 3.05) is 13.2 Å². The largest absolute Gasteiger partial charge is 0.490 e. The van der Waals surface area contributed by atoms with Crippen LogP contribution in [0.25, 0.3) is 0 Å². The molecule has 1 atom stereocenters. The number of aromatic nitrogens is 2. The molecule has 9 heteroatoms. The number of carbonyl (C=O) groups excluding carboxylic acids is 2. The number of aryl methyl sites for hydroxylation is 1. The summed E-state index contributed by atoms with van der Waals surface area (Å²) in [4.78, 5) is 29.1. The van der Waals surface area contributed by atoms with Crippen LogP contribution in [0.5, 0.6) is 11.5 Å². The van der Waals surface area contributed by atoms with Crippen LogP contribution in [-0.4, -0.2) is 35.2 Å². The van der Waals surface area contributed by atoms with E-state index >= 15 is 0 Å². The summed E-state index contributed by atoms with van der Waals surface area (Å²) >= 11 is 0. The summed E-state index contributed by atoms with van der Waals surface area (Å²) in [6.07, 6.45) is 6.38. The highest BCUT2D eigenvalue weighted by Crippen LogP contribution is 2.35. The summed E-state index contributed by atoms with van der Waals surface area (Å²) in [5.41, 5.74) is 0.336. The van der Waals surface area contributed by atoms with Crippen LogP contribution < -0.4 is 20.1 Å². The third kappa shape index (κ3) is 7.19. The van der Waals surface area contributed by atoms with Gasteiger partial charge in [-0.2, -0.15) is 4.98 Å². The Morgan fingerprint density at radius 2 is 1.77 bits per heavy atom. The molecule has 1 heterocycles. The molecule has 0 radical (unpaired) electrons. The molecule has 2 amide bonds. The van der Waals surface area contributed by atoms with Crippen molar-refractivity contribution >= 4 is 11.8 Å². The van der Waals surface area contributed by atoms with Crippen LogP contribution in [0, 0.1) is 0 Å². The van der Waals surface area contributed by atoms with E-state index in [-0.39, 0.29) is 24.3 Å². The van der Waals surface area contributed by atoms with Gasteiger partial charge in [-0.1, -0.05) is 36.9 Å². The minimum Gasteiger partial charge on any atom is -0.490 e. The molecule has 2 aromatic rings. The molecule has 0 saturated heterocycles. The third-order valence-corrected chi connectivity index (χ3v) is 6.28. The lowest BCUT2D eigenvalue weighted by atomic mass is 9.89. The van der Waals surface area contributed by atoms with E-state index in [1.807, 2.05) is 39.0 Å². The number of amides is 2. The molecule has 1 unspecified atom stereocenters. The Bertz CT molecular complexity index is 982. The van der Waals surface area contributed by atoms with Gasteiger partial charge in [0, 0.05) is 19.8 Å². The fourth-order valence-corrected chi connectivity index (χ4v) is 4.58. The molecule has 35 heavy (non-hydrogen) atoms. The fourth-order valence-electron chi connectivity index (χ4n) is 4.58. The zero-order valence-corrected chi connectivity index (χ0v) is 21.3. The van der Waals surface area contributed by atoms with E-state index in [1.54, 1.807) is 0 Å². The van der Waals surface area contributed by atoms with E-state index in [4.69, 9.17) is 14.0 Å². The second kappa shape index (κ2) is 12.6. The molecule has 1 saturated carbocycles. The van der Waals surface area contributed by atoms with Gasteiger partial charge < -0.3 is 24.6 Å². The Hall–Kier alpha value is -3.10. The molecule has 1 aromatic heterocycles. The van der Waals surface area contributed by atoms with Crippen molar-refractivity contribution < 1.29 is 23.6 Å². The van der Waals surface area contributed by atoms with Crippen molar-refractivity contribution in [2.24, 2.45) is 0 Å². The van der Waals surface area contributed by atoms with Crippen LogP contribution in [-0.2, 0) is 21.5 Å². The third-order valence-electron chi connectivity index (χ3n) is 6.28. The van der Waals surface area contributed by atoms with Crippen LogP contribution in [0.2, 0.25) is 0 Å². The van der Waals surface area contributed by atoms with E-state index in [1.165, 1.54) is 6.92 Å². The molecular formula is C26H38N4O5. The fraction of sp³-hybridized carbons (Fsp3) is 0.615. The molecule has 0 spiro atoms. The standard InChI is InChI=1S/C26H38N4O5/c1-5-33-21-12-11-20(17-22(21)34-6-2)18(3)27-23(32)13-14-24-28-25(30-35-24)26(29-19(4)31)15-9-7-8-10-16-26/h11-12,17-18H,5-10,13-16H2,1-4H3,(H,27,32)(H,29,31). The quantitative estimate of drug-likeness (QED) is 0.453. The second-order valence-corrected chi connectivity index (χ2v) is 9.05. The van der Waals surface area contributed by atoms with Crippen molar-refractivity contribution in [3.05, 3.63) is 35.5 Å². The number of hydrogen-bond donors (Lipinski definition) is 2. The highest BCUT2D eigenvalue weighted by Gasteiger charge is 2.38. The van der Waals surface area contributed by atoms with Gasteiger partial charge in [-0.15, -0.1) is 0 Å². The molecule has 0 bridgehead atoms. The molecule has 1 aliphatic carbocycles. The number of carbonyl (C=O) groups is 2. The van der Waals surface area contributed by atoms with Crippen LogP contribution >= 0.6 is 0 Å². The number of hydrogen-bond acceptors (Lipinski definition) is 7. The molecule has 1 aromatic carbocycles. The molecule has 192 valence electrons. The normalized spacial score (nSPS) is 16.1.